The molecule has 0 spiro atoms. The van der Waals surface area contributed by atoms with E-state index in [9.17, 15) is 0 Å². The van der Waals surface area contributed by atoms with E-state index in [1.165, 1.54) is 32.4 Å². The summed E-state index contributed by atoms with van der Waals surface area (Å²) in [6.07, 6.45) is 6.78. The molecule has 1 radical (unpaired) electrons. The van der Waals surface area contributed by atoms with Crippen molar-refractivity contribution >= 4 is 0 Å². The fourth-order valence-corrected chi connectivity index (χ4v) is 1.64. The number of piperidine rings is 1. The summed E-state index contributed by atoms with van der Waals surface area (Å²) < 4.78 is 0. The molecule has 1 atom stereocenters. The zero-order valence-corrected chi connectivity index (χ0v) is 5.77. The summed E-state index contributed by atoms with van der Waals surface area (Å²) in [5.41, 5.74) is 0. The maximum absolute atomic E-state index is 3.42. The highest BCUT2D eigenvalue weighted by Gasteiger charge is 2.31. The van der Waals surface area contributed by atoms with E-state index < -0.39 is 0 Å². The Morgan fingerprint density at radius 3 is 2.78 bits per heavy atom. The predicted molar refractivity (Wildman–Crippen MR) is 38.0 cm³/mol. The molecule has 2 rings (SSSR count). The molecule has 9 heavy (non-hydrogen) atoms. The lowest BCUT2D eigenvalue weighted by atomic mass is 9.95. The predicted octanol–water partition coefficient (Wildman–Crippen LogP) is 1.21. The van der Waals surface area contributed by atoms with Gasteiger partial charge < -0.3 is 5.32 Å². The van der Waals surface area contributed by atoms with Crippen molar-refractivity contribution in [3.8, 4) is 0 Å². The van der Waals surface area contributed by atoms with Gasteiger partial charge in [-0.1, -0.05) is 0 Å². The van der Waals surface area contributed by atoms with Gasteiger partial charge in [-0.25, -0.2) is 0 Å². The first-order valence-electron chi connectivity index (χ1n) is 4.01. The molecule has 0 aromatic heterocycles. The summed E-state index contributed by atoms with van der Waals surface area (Å²) in [5, 5.41) is 3.42. The minimum absolute atomic E-state index is 0.929. The minimum Gasteiger partial charge on any atom is -0.316 e. The summed E-state index contributed by atoms with van der Waals surface area (Å²) >= 11 is 0. The molecule has 1 heteroatoms. The van der Waals surface area contributed by atoms with Crippen LogP contribution in [-0.4, -0.2) is 13.1 Å². The number of hydrogen-bond acceptors (Lipinski definition) is 1. The SMILES string of the molecule is [CH]1CCNCC1C1CC1. The quantitative estimate of drug-likeness (QED) is 0.554. The van der Waals surface area contributed by atoms with E-state index in [4.69, 9.17) is 0 Å². The van der Waals surface area contributed by atoms with Gasteiger partial charge in [-0.2, -0.15) is 0 Å². The molecule has 1 aliphatic carbocycles. The van der Waals surface area contributed by atoms with Crippen molar-refractivity contribution in [3.63, 3.8) is 0 Å². The molecule has 1 heterocycles. The van der Waals surface area contributed by atoms with Crippen LogP contribution in [0.5, 0.6) is 0 Å². The van der Waals surface area contributed by atoms with Crippen LogP contribution in [0, 0.1) is 18.3 Å². The van der Waals surface area contributed by atoms with Crippen LogP contribution in [0.1, 0.15) is 19.3 Å². The molecule has 0 amide bonds. The molecular formula is C8H14N. The molecule has 1 aliphatic heterocycles. The van der Waals surface area contributed by atoms with Crippen molar-refractivity contribution in [2.75, 3.05) is 13.1 Å². The summed E-state index contributed by atoms with van der Waals surface area (Å²) in [6, 6.07) is 0. The smallest absolute Gasteiger partial charge is 0.00151 e. The highest BCUT2D eigenvalue weighted by molar-refractivity contribution is 4.93. The second-order valence-electron chi connectivity index (χ2n) is 3.23. The Hall–Kier alpha value is -0.0400. The molecule has 0 aromatic carbocycles. The van der Waals surface area contributed by atoms with E-state index in [0.717, 1.165) is 11.8 Å². The summed E-state index contributed by atoms with van der Waals surface area (Å²) in [7, 11) is 0. The Morgan fingerprint density at radius 1 is 1.33 bits per heavy atom. The fourth-order valence-electron chi connectivity index (χ4n) is 1.64. The van der Waals surface area contributed by atoms with Crippen LogP contribution in [0.4, 0.5) is 0 Å². The first kappa shape index (κ1) is 5.72. The lowest BCUT2D eigenvalue weighted by Gasteiger charge is -2.21. The van der Waals surface area contributed by atoms with E-state index in [2.05, 4.69) is 11.7 Å². The Labute approximate surface area is 56.8 Å². The zero-order chi connectivity index (χ0) is 6.10. The highest BCUT2D eigenvalue weighted by Crippen LogP contribution is 2.38. The van der Waals surface area contributed by atoms with E-state index in [0.29, 0.717) is 0 Å². The van der Waals surface area contributed by atoms with Crippen molar-refractivity contribution in [1.82, 2.24) is 5.32 Å². The van der Waals surface area contributed by atoms with Crippen LogP contribution < -0.4 is 5.32 Å². The minimum atomic E-state index is 0.929. The van der Waals surface area contributed by atoms with Crippen LogP contribution in [0.3, 0.4) is 0 Å². The van der Waals surface area contributed by atoms with Gasteiger partial charge >= 0.3 is 0 Å². The van der Waals surface area contributed by atoms with E-state index in [-0.39, 0.29) is 0 Å². The second kappa shape index (κ2) is 2.30. The van der Waals surface area contributed by atoms with Crippen molar-refractivity contribution in [3.05, 3.63) is 6.42 Å². The van der Waals surface area contributed by atoms with Crippen LogP contribution in [0.25, 0.3) is 0 Å². The van der Waals surface area contributed by atoms with Crippen LogP contribution in [-0.2, 0) is 0 Å². The third-order valence-electron chi connectivity index (χ3n) is 2.40. The fraction of sp³-hybridized carbons (Fsp3) is 0.875. The highest BCUT2D eigenvalue weighted by atomic mass is 14.9. The zero-order valence-electron chi connectivity index (χ0n) is 5.77. The van der Waals surface area contributed by atoms with Crippen LogP contribution in [0.15, 0.2) is 0 Å². The first-order chi connectivity index (χ1) is 4.47. The molecule has 1 unspecified atom stereocenters. The molecule has 1 nitrogen and oxygen atoms in total. The van der Waals surface area contributed by atoms with Crippen molar-refractivity contribution in [2.24, 2.45) is 11.8 Å². The third-order valence-corrected chi connectivity index (χ3v) is 2.40. The normalized spacial score (nSPS) is 36.7. The number of nitrogens with one attached hydrogen (secondary N) is 1. The maximum Gasteiger partial charge on any atom is -0.00151 e. The standard InChI is InChI=1S/C8H14N/c1-2-8(6-9-5-1)7-3-4-7/h2,7-9H,1,3-6H2. The van der Waals surface area contributed by atoms with Gasteiger partial charge in [-0.3, -0.25) is 0 Å². The lowest BCUT2D eigenvalue weighted by Crippen LogP contribution is -2.31. The summed E-state index contributed by atoms with van der Waals surface area (Å²) in [6.45, 7) is 2.47. The molecule has 2 aliphatic rings. The number of hydrogen-bond donors (Lipinski definition) is 1. The molecule has 51 valence electrons. The third kappa shape index (κ3) is 1.26. The Bertz CT molecular complexity index is 90.7. The average molecular weight is 124 g/mol. The van der Waals surface area contributed by atoms with E-state index in [1.807, 2.05) is 0 Å². The molecule has 2 fully saturated rings. The lowest BCUT2D eigenvalue weighted by molar-refractivity contribution is 0.423. The molecule has 0 bridgehead atoms. The van der Waals surface area contributed by atoms with Gasteiger partial charge in [-0.05, 0) is 50.6 Å². The van der Waals surface area contributed by atoms with Crippen molar-refractivity contribution in [2.45, 2.75) is 19.3 Å². The first-order valence-corrected chi connectivity index (χ1v) is 4.01. The van der Waals surface area contributed by atoms with Gasteiger partial charge in [-0.15, -0.1) is 0 Å². The van der Waals surface area contributed by atoms with Crippen molar-refractivity contribution in [1.29, 1.82) is 0 Å². The van der Waals surface area contributed by atoms with Gasteiger partial charge in [0.25, 0.3) is 0 Å². The largest absolute Gasteiger partial charge is 0.316 e. The van der Waals surface area contributed by atoms with E-state index >= 15 is 0 Å². The van der Waals surface area contributed by atoms with Crippen molar-refractivity contribution < 1.29 is 0 Å². The molecule has 0 aromatic rings. The Morgan fingerprint density at radius 2 is 2.22 bits per heavy atom. The van der Waals surface area contributed by atoms with Crippen LogP contribution >= 0.6 is 0 Å². The summed E-state index contributed by atoms with van der Waals surface area (Å²) in [4.78, 5) is 0. The van der Waals surface area contributed by atoms with Crippen LogP contribution in [0.2, 0.25) is 0 Å². The van der Waals surface area contributed by atoms with Gasteiger partial charge in [0.15, 0.2) is 0 Å². The van der Waals surface area contributed by atoms with Gasteiger partial charge in [0.1, 0.15) is 0 Å². The van der Waals surface area contributed by atoms with Gasteiger partial charge in [0.2, 0.25) is 0 Å². The van der Waals surface area contributed by atoms with Gasteiger partial charge in [0, 0.05) is 0 Å². The topological polar surface area (TPSA) is 12.0 Å². The summed E-state index contributed by atoms with van der Waals surface area (Å²) in [5.74, 6) is 2.00. The van der Waals surface area contributed by atoms with Gasteiger partial charge in [0.05, 0.1) is 0 Å². The second-order valence-corrected chi connectivity index (χ2v) is 3.23. The molecule has 1 saturated carbocycles. The molecule has 1 N–H and O–H groups in total. The average Bonchev–Trinajstić information content (AvgIpc) is 2.71. The molecule has 1 saturated heterocycles. The number of rotatable bonds is 1. The molecular weight excluding hydrogens is 110 g/mol. The maximum atomic E-state index is 3.42. The monoisotopic (exact) mass is 124 g/mol. The van der Waals surface area contributed by atoms with E-state index in [1.54, 1.807) is 0 Å². The Balaban J connectivity index is 1.80. The Kier molecular flexibility index (Phi) is 1.46.